The molecule has 208 valence electrons. The zero-order valence-electron chi connectivity index (χ0n) is 24.3. The fraction of sp³-hybridized carbons (Fsp3) is 0. The zero-order chi connectivity index (χ0) is 29.5. The molecule has 0 saturated heterocycles. The van der Waals surface area contributed by atoms with Crippen molar-refractivity contribution >= 4 is 70.8 Å². The van der Waals surface area contributed by atoms with Gasteiger partial charge in [-0.1, -0.05) is 103 Å². The van der Waals surface area contributed by atoms with Crippen LogP contribution in [0.5, 0.6) is 0 Å². The molecule has 45 heavy (non-hydrogen) atoms. The molecule has 0 amide bonds. The lowest BCUT2D eigenvalue weighted by atomic mass is 9.92. The van der Waals surface area contributed by atoms with Crippen molar-refractivity contribution in [2.75, 3.05) is 0 Å². The maximum Gasteiger partial charge on any atom is 0.146 e. The first-order valence-electron chi connectivity index (χ1n) is 15.3. The molecule has 0 fully saturated rings. The number of para-hydroxylation sites is 2. The Hall–Kier alpha value is -6.06. The summed E-state index contributed by atoms with van der Waals surface area (Å²) in [6, 6.07) is 52.5. The van der Waals surface area contributed by atoms with Gasteiger partial charge in [-0.05, 0) is 86.3 Å². The highest BCUT2D eigenvalue weighted by molar-refractivity contribution is 6.23. The van der Waals surface area contributed by atoms with Crippen molar-refractivity contribution in [2.24, 2.45) is 0 Å². The Morgan fingerprint density at radius 3 is 2.09 bits per heavy atom. The lowest BCUT2D eigenvalue weighted by Gasteiger charge is -2.14. The first kappa shape index (κ1) is 24.4. The van der Waals surface area contributed by atoms with Crippen LogP contribution in [0.25, 0.3) is 93.1 Å². The van der Waals surface area contributed by atoms with Crippen molar-refractivity contribution in [3.63, 3.8) is 0 Å². The maximum atomic E-state index is 5.10. The molecule has 0 bridgehead atoms. The van der Waals surface area contributed by atoms with Crippen LogP contribution < -0.4 is 0 Å². The summed E-state index contributed by atoms with van der Waals surface area (Å²) in [5, 5.41) is 9.67. The summed E-state index contributed by atoms with van der Waals surface area (Å²) in [6.45, 7) is 0. The van der Waals surface area contributed by atoms with Crippen molar-refractivity contribution in [3.8, 4) is 22.3 Å². The molecule has 10 aromatic rings. The summed E-state index contributed by atoms with van der Waals surface area (Å²) in [7, 11) is 0. The summed E-state index contributed by atoms with van der Waals surface area (Å²) in [4.78, 5) is 9.97. The number of aromatic nitrogens is 3. The van der Waals surface area contributed by atoms with E-state index in [1.165, 1.54) is 49.2 Å². The number of hydrogen-bond donors (Lipinski definition) is 0. The summed E-state index contributed by atoms with van der Waals surface area (Å²) >= 11 is 0. The van der Waals surface area contributed by atoms with Gasteiger partial charge in [0.1, 0.15) is 5.65 Å². The monoisotopic (exact) mass is 571 g/mol. The van der Waals surface area contributed by atoms with Crippen molar-refractivity contribution in [3.05, 3.63) is 152 Å². The van der Waals surface area contributed by atoms with Crippen molar-refractivity contribution in [1.29, 1.82) is 0 Å². The lowest BCUT2D eigenvalue weighted by molar-refractivity contribution is 1.31. The second-order valence-electron chi connectivity index (χ2n) is 11.8. The van der Waals surface area contributed by atoms with Crippen LogP contribution >= 0.6 is 0 Å². The van der Waals surface area contributed by atoms with Gasteiger partial charge < -0.3 is 0 Å². The molecule has 0 atom stereocenters. The number of rotatable bonds is 2. The summed E-state index contributed by atoms with van der Waals surface area (Å²) in [5.41, 5.74) is 10.0. The third-order valence-corrected chi connectivity index (χ3v) is 9.38. The molecule has 0 radical (unpaired) electrons. The van der Waals surface area contributed by atoms with E-state index >= 15 is 0 Å². The van der Waals surface area contributed by atoms with Crippen LogP contribution in [0.3, 0.4) is 0 Å². The molecule has 0 saturated carbocycles. The number of benzene rings is 7. The Morgan fingerprint density at radius 1 is 0.444 bits per heavy atom. The largest absolute Gasteiger partial charge is 0.292 e. The van der Waals surface area contributed by atoms with E-state index in [2.05, 4.69) is 144 Å². The molecule has 0 aliphatic carbocycles. The van der Waals surface area contributed by atoms with Gasteiger partial charge in [-0.15, -0.1) is 0 Å². The van der Waals surface area contributed by atoms with E-state index in [0.29, 0.717) is 0 Å². The average Bonchev–Trinajstić information content (AvgIpc) is 3.51. The van der Waals surface area contributed by atoms with Gasteiger partial charge in [0, 0.05) is 27.7 Å². The molecule has 0 spiro atoms. The van der Waals surface area contributed by atoms with Crippen molar-refractivity contribution < 1.29 is 0 Å². The van der Waals surface area contributed by atoms with Gasteiger partial charge in [-0.25, -0.2) is 4.98 Å². The lowest BCUT2D eigenvalue weighted by Crippen LogP contribution is -1.94. The van der Waals surface area contributed by atoms with Gasteiger partial charge in [0.15, 0.2) is 0 Å². The van der Waals surface area contributed by atoms with Gasteiger partial charge in [0.2, 0.25) is 0 Å². The van der Waals surface area contributed by atoms with E-state index in [0.717, 1.165) is 43.9 Å². The zero-order valence-corrected chi connectivity index (χ0v) is 24.3. The van der Waals surface area contributed by atoms with E-state index < -0.39 is 0 Å². The summed E-state index contributed by atoms with van der Waals surface area (Å²) in [6.07, 6.45) is 1.89. The quantitative estimate of drug-likeness (QED) is 0.193. The SMILES string of the molecule is c1ccc2c(c1)cc(-c1ccc(-c3ccc4c(c3)c3c(ccc5cccnc53)c3nc5ccccc5n43)cc1)c1ccccc12. The number of imidazole rings is 1. The highest BCUT2D eigenvalue weighted by Crippen LogP contribution is 2.39. The molecule has 3 nitrogen and oxygen atoms in total. The Bertz CT molecular complexity index is 2810. The Kier molecular flexibility index (Phi) is 5.00. The third kappa shape index (κ3) is 3.52. The molecule has 10 rings (SSSR count). The summed E-state index contributed by atoms with van der Waals surface area (Å²) < 4.78 is 2.31. The predicted molar refractivity (Wildman–Crippen MR) is 189 cm³/mol. The standard InChI is InChI=1S/C42H25N3/c1-2-10-31-30(8-1)25-35(33-12-4-3-11-32(31)33)27-17-15-26(16-18-27)29-20-22-38-36(24-29)40-34(21-19-28-9-7-23-43-41(28)40)42-44-37-13-5-6-14-39(37)45(38)42/h1-25H. The molecule has 0 aliphatic heterocycles. The van der Waals surface area contributed by atoms with E-state index in [1.54, 1.807) is 0 Å². The van der Waals surface area contributed by atoms with E-state index in [-0.39, 0.29) is 0 Å². The summed E-state index contributed by atoms with van der Waals surface area (Å²) in [5.74, 6) is 0. The number of hydrogen-bond acceptors (Lipinski definition) is 2. The Balaban J connectivity index is 1.20. The Morgan fingerprint density at radius 2 is 1.18 bits per heavy atom. The van der Waals surface area contributed by atoms with Crippen LogP contribution in [0.15, 0.2) is 152 Å². The van der Waals surface area contributed by atoms with Gasteiger partial charge >= 0.3 is 0 Å². The molecule has 3 heteroatoms. The molecule has 0 aliphatic rings. The molecule has 3 heterocycles. The van der Waals surface area contributed by atoms with Crippen LogP contribution in [0.1, 0.15) is 0 Å². The first-order chi connectivity index (χ1) is 22.3. The maximum absolute atomic E-state index is 5.10. The fourth-order valence-electron chi connectivity index (χ4n) is 7.30. The minimum atomic E-state index is 0.964. The topological polar surface area (TPSA) is 30.2 Å². The minimum Gasteiger partial charge on any atom is -0.292 e. The molecule has 0 N–H and O–H groups in total. The first-order valence-corrected chi connectivity index (χ1v) is 15.3. The third-order valence-electron chi connectivity index (χ3n) is 9.38. The highest BCUT2D eigenvalue weighted by Gasteiger charge is 2.17. The highest BCUT2D eigenvalue weighted by atomic mass is 15.0. The number of nitrogens with zero attached hydrogens (tertiary/aromatic N) is 3. The Labute approximate surface area is 258 Å². The molecule has 3 aromatic heterocycles. The molecule has 0 unspecified atom stereocenters. The fourth-order valence-corrected chi connectivity index (χ4v) is 7.30. The van der Waals surface area contributed by atoms with E-state index in [9.17, 15) is 0 Å². The van der Waals surface area contributed by atoms with Crippen LogP contribution in [-0.4, -0.2) is 14.4 Å². The van der Waals surface area contributed by atoms with Crippen LogP contribution in [-0.2, 0) is 0 Å². The molecular weight excluding hydrogens is 546 g/mol. The van der Waals surface area contributed by atoms with Crippen LogP contribution in [0.4, 0.5) is 0 Å². The average molecular weight is 572 g/mol. The number of pyridine rings is 2. The van der Waals surface area contributed by atoms with Gasteiger partial charge in [-0.2, -0.15) is 0 Å². The predicted octanol–water partition coefficient (Wildman–Crippen LogP) is 11.0. The van der Waals surface area contributed by atoms with Gasteiger partial charge in [0.25, 0.3) is 0 Å². The van der Waals surface area contributed by atoms with E-state index in [1.807, 2.05) is 12.3 Å². The number of fused-ring (bicyclic) bond motifs is 13. The molecular formula is C42H25N3. The van der Waals surface area contributed by atoms with E-state index in [4.69, 9.17) is 9.97 Å². The van der Waals surface area contributed by atoms with Crippen molar-refractivity contribution in [1.82, 2.24) is 14.4 Å². The van der Waals surface area contributed by atoms with Crippen molar-refractivity contribution in [2.45, 2.75) is 0 Å². The van der Waals surface area contributed by atoms with Crippen LogP contribution in [0.2, 0.25) is 0 Å². The second kappa shape index (κ2) is 9.22. The van der Waals surface area contributed by atoms with Gasteiger partial charge in [0.05, 0.1) is 22.1 Å². The minimum absolute atomic E-state index is 0.964. The normalized spacial score (nSPS) is 12.0. The second-order valence-corrected chi connectivity index (χ2v) is 11.8. The smallest absolute Gasteiger partial charge is 0.146 e. The van der Waals surface area contributed by atoms with Gasteiger partial charge in [-0.3, -0.25) is 9.38 Å². The molecule has 7 aromatic carbocycles. The van der Waals surface area contributed by atoms with Crippen LogP contribution in [0, 0.1) is 0 Å².